The highest BCUT2D eigenvalue weighted by molar-refractivity contribution is 7.15. The van der Waals surface area contributed by atoms with Crippen molar-refractivity contribution in [1.29, 1.82) is 0 Å². The van der Waals surface area contributed by atoms with Gasteiger partial charge in [0.2, 0.25) is 0 Å². The molecule has 4 aromatic rings. The number of halogens is 2. The van der Waals surface area contributed by atoms with Crippen LogP contribution in [0.4, 0.5) is 0 Å². The van der Waals surface area contributed by atoms with E-state index in [1.165, 1.54) is 10.4 Å². The quantitative estimate of drug-likeness (QED) is 0.337. The lowest BCUT2D eigenvalue weighted by atomic mass is 9.87. The number of benzene rings is 3. The van der Waals surface area contributed by atoms with E-state index in [9.17, 15) is 0 Å². The molecule has 3 aromatic carbocycles. The summed E-state index contributed by atoms with van der Waals surface area (Å²) in [5, 5.41) is 2.51. The molecule has 0 spiro atoms. The van der Waals surface area contributed by atoms with Crippen LogP contribution in [0.1, 0.15) is 27.7 Å². The second kappa shape index (κ2) is 7.85. The maximum atomic E-state index is 6.13. The molecule has 0 fully saturated rings. The summed E-state index contributed by atoms with van der Waals surface area (Å²) in [6, 6.07) is 26.5. The Morgan fingerprint density at radius 3 is 1.78 bits per heavy atom. The van der Waals surface area contributed by atoms with E-state index in [0.29, 0.717) is 0 Å². The molecule has 0 bridgehead atoms. The molecule has 0 atom stereocenters. The van der Waals surface area contributed by atoms with Gasteiger partial charge in [-0.25, -0.2) is 4.98 Å². The van der Waals surface area contributed by atoms with Gasteiger partial charge in [-0.3, -0.25) is 0 Å². The highest BCUT2D eigenvalue weighted by Gasteiger charge is 2.24. The number of aryl methyl sites for hydroxylation is 1. The average Bonchev–Trinajstić information content (AvgIpc) is 3.07. The summed E-state index contributed by atoms with van der Waals surface area (Å²) in [7, 11) is 0. The molecule has 134 valence electrons. The lowest BCUT2D eigenvalue weighted by Crippen LogP contribution is -2.05. The minimum Gasteiger partial charge on any atom is -0.245 e. The van der Waals surface area contributed by atoms with Gasteiger partial charge in [-0.1, -0.05) is 77.8 Å². The topological polar surface area (TPSA) is 12.9 Å². The second-order valence-corrected chi connectivity index (χ2v) is 8.43. The van der Waals surface area contributed by atoms with Crippen LogP contribution in [-0.2, 0) is 0 Å². The van der Waals surface area contributed by atoms with Crippen molar-refractivity contribution < 1.29 is 0 Å². The number of aromatic nitrogens is 1. The van der Waals surface area contributed by atoms with Crippen molar-refractivity contribution in [2.45, 2.75) is 12.8 Å². The Morgan fingerprint density at radius 1 is 0.741 bits per heavy atom. The first-order valence-corrected chi connectivity index (χ1v) is 10.2. The van der Waals surface area contributed by atoms with Gasteiger partial charge in [-0.05, 0) is 47.9 Å². The minimum atomic E-state index is 0.0136. The number of thiazole rings is 1. The monoisotopic (exact) mass is 409 g/mol. The van der Waals surface area contributed by atoms with Crippen LogP contribution in [0.3, 0.4) is 0 Å². The molecular weight excluding hydrogens is 393 g/mol. The minimum absolute atomic E-state index is 0.0136. The fourth-order valence-electron chi connectivity index (χ4n) is 3.25. The molecule has 0 saturated carbocycles. The molecule has 0 unspecified atom stereocenters. The molecule has 27 heavy (non-hydrogen) atoms. The summed E-state index contributed by atoms with van der Waals surface area (Å²) in [5.74, 6) is 0.0136. The van der Waals surface area contributed by atoms with Gasteiger partial charge in [0.05, 0.1) is 21.5 Å². The SMILES string of the molecule is Cc1nc(C(c2ccc(Cl)cc2)c2ccc(Cl)cc2)c(-c2ccccc2)s1. The maximum Gasteiger partial charge on any atom is 0.0904 e. The molecule has 0 radical (unpaired) electrons. The van der Waals surface area contributed by atoms with Crippen LogP contribution in [-0.4, -0.2) is 4.98 Å². The van der Waals surface area contributed by atoms with Crippen LogP contribution in [0.2, 0.25) is 10.0 Å². The van der Waals surface area contributed by atoms with Crippen LogP contribution >= 0.6 is 34.5 Å². The van der Waals surface area contributed by atoms with E-state index in [1.54, 1.807) is 11.3 Å². The summed E-state index contributed by atoms with van der Waals surface area (Å²) in [4.78, 5) is 6.13. The van der Waals surface area contributed by atoms with Gasteiger partial charge in [-0.15, -0.1) is 11.3 Å². The first-order valence-electron chi connectivity index (χ1n) is 8.65. The van der Waals surface area contributed by atoms with Crippen molar-refractivity contribution in [2.75, 3.05) is 0 Å². The Kier molecular flexibility index (Phi) is 5.31. The molecule has 1 heterocycles. The molecule has 4 heteroatoms. The number of hydrogen-bond acceptors (Lipinski definition) is 2. The van der Waals surface area contributed by atoms with Gasteiger partial charge in [0.1, 0.15) is 0 Å². The van der Waals surface area contributed by atoms with Crippen LogP contribution in [0.5, 0.6) is 0 Å². The third-order valence-corrected chi connectivity index (χ3v) is 6.02. The predicted octanol–water partition coefficient (Wildman–Crippen LogP) is 7.61. The summed E-state index contributed by atoms with van der Waals surface area (Å²) in [6.45, 7) is 2.06. The van der Waals surface area contributed by atoms with E-state index in [4.69, 9.17) is 28.2 Å². The maximum absolute atomic E-state index is 6.13. The van der Waals surface area contributed by atoms with Crippen molar-refractivity contribution in [2.24, 2.45) is 0 Å². The van der Waals surface area contributed by atoms with E-state index in [2.05, 4.69) is 55.5 Å². The van der Waals surface area contributed by atoms with E-state index >= 15 is 0 Å². The molecular formula is C23H17Cl2NS. The van der Waals surface area contributed by atoms with Gasteiger partial charge in [-0.2, -0.15) is 0 Å². The van der Waals surface area contributed by atoms with Gasteiger partial charge in [0.15, 0.2) is 0 Å². The summed E-state index contributed by atoms with van der Waals surface area (Å²) in [5.41, 5.74) is 4.56. The van der Waals surface area contributed by atoms with Crippen molar-refractivity contribution in [3.05, 3.63) is 111 Å². The predicted molar refractivity (Wildman–Crippen MR) is 116 cm³/mol. The molecule has 0 aliphatic heterocycles. The molecule has 1 aromatic heterocycles. The Balaban J connectivity index is 1.92. The number of nitrogens with zero attached hydrogens (tertiary/aromatic N) is 1. The third kappa shape index (κ3) is 3.93. The summed E-state index contributed by atoms with van der Waals surface area (Å²) in [6.07, 6.45) is 0. The van der Waals surface area contributed by atoms with E-state index < -0.39 is 0 Å². The number of rotatable bonds is 4. The van der Waals surface area contributed by atoms with Gasteiger partial charge in [0, 0.05) is 10.0 Å². The van der Waals surface area contributed by atoms with Crippen molar-refractivity contribution in [1.82, 2.24) is 4.98 Å². The van der Waals surface area contributed by atoms with Gasteiger partial charge >= 0.3 is 0 Å². The second-order valence-electron chi connectivity index (χ2n) is 6.35. The zero-order chi connectivity index (χ0) is 18.8. The Morgan fingerprint density at radius 2 is 1.26 bits per heavy atom. The lowest BCUT2D eigenvalue weighted by Gasteiger charge is -2.18. The molecule has 0 saturated heterocycles. The standard InChI is InChI=1S/C23H17Cl2NS/c1-15-26-22(23(27-15)18-5-3-2-4-6-18)21(16-7-11-19(24)12-8-16)17-9-13-20(25)14-10-17/h2-14,21H,1H3. The van der Waals surface area contributed by atoms with Crippen molar-refractivity contribution >= 4 is 34.5 Å². The first-order chi connectivity index (χ1) is 13.1. The van der Waals surface area contributed by atoms with Crippen LogP contribution in [0.25, 0.3) is 10.4 Å². The summed E-state index contributed by atoms with van der Waals surface area (Å²) < 4.78 is 0. The smallest absolute Gasteiger partial charge is 0.0904 e. The Hall–Kier alpha value is -2.13. The zero-order valence-corrected chi connectivity index (χ0v) is 17.0. The molecule has 0 amide bonds. The number of hydrogen-bond donors (Lipinski definition) is 0. The van der Waals surface area contributed by atoms with Gasteiger partial charge < -0.3 is 0 Å². The van der Waals surface area contributed by atoms with E-state index in [0.717, 1.165) is 31.9 Å². The van der Waals surface area contributed by atoms with Crippen molar-refractivity contribution in [3.8, 4) is 10.4 Å². The Labute approximate surface area is 173 Å². The van der Waals surface area contributed by atoms with Crippen LogP contribution in [0, 0.1) is 6.92 Å². The van der Waals surface area contributed by atoms with Crippen LogP contribution < -0.4 is 0 Å². The Bertz CT molecular complexity index is 993. The summed E-state index contributed by atoms with van der Waals surface area (Å²) >= 11 is 14.0. The van der Waals surface area contributed by atoms with E-state index in [-0.39, 0.29) is 5.92 Å². The van der Waals surface area contributed by atoms with Crippen molar-refractivity contribution in [3.63, 3.8) is 0 Å². The highest BCUT2D eigenvalue weighted by atomic mass is 35.5. The fraction of sp³-hybridized carbons (Fsp3) is 0.0870. The first kappa shape index (κ1) is 18.2. The largest absolute Gasteiger partial charge is 0.245 e. The zero-order valence-electron chi connectivity index (χ0n) is 14.7. The molecule has 0 aliphatic rings. The molecule has 0 N–H and O–H groups in total. The third-order valence-electron chi connectivity index (χ3n) is 4.48. The fourth-order valence-corrected chi connectivity index (χ4v) is 4.47. The average molecular weight is 410 g/mol. The molecule has 1 nitrogen and oxygen atoms in total. The normalized spacial score (nSPS) is 11.1. The highest BCUT2D eigenvalue weighted by Crippen LogP contribution is 2.41. The van der Waals surface area contributed by atoms with Gasteiger partial charge in [0.25, 0.3) is 0 Å². The van der Waals surface area contributed by atoms with E-state index in [1.807, 2.05) is 30.3 Å². The lowest BCUT2D eigenvalue weighted by molar-refractivity contribution is 0.928. The van der Waals surface area contributed by atoms with Crippen LogP contribution in [0.15, 0.2) is 78.9 Å². The molecule has 0 aliphatic carbocycles. The molecule has 4 rings (SSSR count).